The fourth-order valence-electron chi connectivity index (χ4n) is 4.78. The van der Waals surface area contributed by atoms with E-state index >= 15 is 0 Å². The Labute approximate surface area is 174 Å². The maximum Gasteiger partial charge on any atom is 0.415 e. The molecule has 1 aliphatic carbocycles. The first kappa shape index (κ1) is 19.8. The average molecular weight is 393 g/mol. The lowest BCUT2D eigenvalue weighted by Gasteiger charge is -2.30. The van der Waals surface area contributed by atoms with E-state index in [0.717, 1.165) is 25.9 Å². The van der Waals surface area contributed by atoms with Gasteiger partial charge in [0.15, 0.2) is 0 Å². The van der Waals surface area contributed by atoms with Gasteiger partial charge in [-0.3, -0.25) is 0 Å². The Morgan fingerprint density at radius 2 is 1.83 bits per heavy atom. The van der Waals surface area contributed by atoms with Crippen LogP contribution in [0.3, 0.4) is 0 Å². The summed E-state index contributed by atoms with van der Waals surface area (Å²) in [6, 6.07) is 17.0. The standard InChI is InChI=1S/C25H32N2O2/c1-25(2)18-27(17-19-10-6-4-7-11-19)23-15-14-21(16-22(23)25)29-24(28)26(3)20-12-8-5-9-13-20/h4,6-7,10-11,14-16,20H,5,8-9,12-13,17-18H2,1-3H3. The summed E-state index contributed by atoms with van der Waals surface area (Å²) in [4.78, 5) is 16.9. The minimum atomic E-state index is -0.242. The maximum atomic E-state index is 12.7. The van der Waals surface area contributed by atoms with E-state index in [1.54, 1.807) is 4.90 Å². The molecule has 154 valence electrons. The van der Waals surface area contributed by atoms with Gasteiger partial charge in [-0.15, -0.1) is 0 Å². The van der Waals surface area contributed by atoms with Crippen molar-refractivity contribution >= 4 is 11.8 Å². The van der Waals surface area contributed by atoms with Crippen LogP contribution in [0.1, 0.15) is 57.1 Å². The Morgan fingerprint density at radius 3 is 2.55 bits per heavy atom. The highest BCUT2D eigenvalue weighted by Crippen LogP contribution is 2.43. The molecule has 0 saturated heterocycles. The minimum absolute atomic E-state index is 0.0157. The molecular formula is C25H32N2O2. The second kappa shape index (κ2) is 8.10. The zero-order chi connectivity index (χ0) is 20.4. The molecule has 4 rings (SSSR count). The van der Waals surface area contributed by atoms with Crippen LogP contribution in [0.5, 0.6) is 5.75 Å². The number of carbonyl (C=O) groups is 1. The number of nitrogens with zero attached hydrogens (tertiary/aromatic N) is 2. The van der Waals surface area contributed by atoms with Crippen LogP contribution >= 0.6 is 0 Å². The summed E-state index contributed by atoms with van der Waals surface area (Å²) in [5.74, 6) is 0.644. The van der Waals surface area contributed by atoms with Gasteiger partial charge in [0.05, 0.1) is 0 Å². The van der Waals surface area contributed by atoms with Crippen LogP contribution in [-0.2, 0) is 12.0 Å². The zero-order valence-electron chi connectivity index (χ0n) is 17.9. The molecule has 0 atom stereocenters. The Hall–Kier alpha value is -2.49. The summed E-state index contributed by atoms with van der Waals surface area (Å²) in [5, 5.41) is 0. The molecule has 0 N–H and O–H groups in total. The number of fused-ring (bicyclic) bond motifs is 1. The molecule has 1 saturated carbocycles. The van der Waals surface area contributed by atoms with Crippen molar-refractivity contribution in [3.05, 3.63) is 59.7 Å². The number of hydrogen-bond donors (Lipinski definition) is 0. The SMILES string of the molecule is CN(C(=O)Oc1ccc2c(c1)C(C)(C)CN2Cc1ccccc1)C1CCCCC1. The van der Waals surface area contributed by atoms with Crippen LogP contribution < -0.4 is 9.64 Å². The van der Waals surface area contributed by atoms with Crippen LogP contribution in [0.25, 0.3) is 0 Å². The molecule has 2 aromatic rings. The van der Waals surface area contributed by atoms with Crippen molar-refractivity contribution in [2.75, 3.05) is 18.5 Å². The Morgan fingerprint density at radius 1 is 1.10 bits per heavy atom. The van der Waals surface area contributed by atoms with Gasteiger partial charge in [-0.05, 0) is 42.2 Å². The van der Waals surface area contributed by atoms with Gasteiger partial charge in [-0.1, -0.05) is 63.4 Å². The third kappa shape index (κ3) is 4.26. The minimum Gasteiger partial charge on any atom is -0.410 e. The van der Waals surface area contributed by atoms with Crippen molar-refractivity contribution in [3.63, 3.8) is 0 Å². The summed E-state index contributed by atoms with van der Waals surface area (Å²) in [6.45, 7) is 6.37. The molecule has 2 aliphatic rings. The number of rotatable bonds is 4. The number of benzene rings is 2. The zero-order valence-corrected chi connectivity index (χ0v) is 17.9. The van der Waals surface area contributed by atoms with Gasteiger partial charge in [0, 0.05) is 37.3 Å². The van der Waals surface area contributed by atoms with E-state index in [1.807, 2.05) is 13.1 Å². The summed E-state index contributed by atoms with van der Waals surface area (Å²) >= 11 is 0. The molecule has 0 spiro atoms. The maximum absolute atomic E-state index is 12.7. The first-order chi connectivity index (χ1) is 13.9. The van der Waals surface area contributed by atoms with Crippen molar-refractivity contribution in [1.29, 1.82) is 0 Å². The van der Waals surface area contributed by atoms with Gasteiger partial charge >= 0.3 is 6.09 Å². The van der Waals surface area contributed by atoms with E-state index in [1.165, 1.54) is 36.1 Å². The summed E-state index contributed by atoms with van der Waals surface area (Å²) in [5.41, 5.74) is 3.81. The van der Waals surface area contributed by atoms with E-state index in [0.29, 0.717) is 11.8 Å². The smallest absolute Gasteiger partial charge is 0.410 e. The van der Waals surface area contributed by atoms with E-state index in [4.69, 9.17) is 4.74 Å². The molecule has 0 aromatic heterocycles. The summed E-state index contributed by atoms with van der Waals surface area (Å²) < 4.78 is 5.77. The monoisotopic (exact) mass is 392 g/mol. The average Bonchev–Trinajstić information content (AvgIpc) is 2.98. The second-order valence-electron chi connectivity index (χ2n) is 9.18. The first-order valence-corrected chi connectivity index (χ1v) is 10.8. The summed E-state index contributed by atoms with van der Waals surface area (Å²) in [6.07, 6.45) is 5.60. The lowest BCUT2D eigenvalue weighted by atomic mass is 9.87. The van der Waals surface area contributed by atoms with Gasteiger partial charge in [0.2, 0.25) is 0 Å². The molecule has 0 radical (unpaired) electrons. The molecular weight excluding hydrogens is 360 g/mol. The van der Waals surface area contributed by atoms with Crippen LogP contribution in [0.2, 0.25) is 0 Å². The Kier molecular flexibility index (Phi) is 5.53. The quantitative estimate of drug-likeness (QED) is 0.664. The molecule has 29 heavy (non-hydrogen) atoms. The van der Waals surface area contributed by atoms with E-state index in [2.05, 4.69) is 61.2 Å². The van der Waals surface area contributed by atoms with Crippen LogP contribution in [-0.4, -0.2) is 30.6 Å². The van der Waals surface area contributed by atoms with E-state index < -0.39 is 0 Å². The molecule has 1 amide bonds. The summed E-state index contributed by atoms with van der Waals surface area (Å²) in [7, 11) is 1.87. The molecule has 1 fully saturated rings. The van der Waals surface area contributed by atoms with Crippen molar-refractivity contribution in [1.82, 2.24) is 4.90 Å². The van der Waals surface area contributed by atoms with Gasteiger partial charge in [0.1, 0.15) is 5.75 Å². The van der Waals surface area contributed by atoms with Crippen LogP contribution in [0.4, 0.5) is 10.5 Å². The van der Waals surface area contributed by atoms with Gasteiger partial charge in [-0.2, -0.15) is 0 Å². The van der Waals surface area contributed by atoms with E-state index in [-0.39, 0.29) is 11.5 Å². The van der Waals surface area contributed by atoms with Gasteiger partial charge < -0.3 is 14.5 Å². The highest BCUT2D eigenvalue weighted by atomic mass is 16.6. The molecule has 1 heterocycles. The fourth-order valence-corrected chi connectivity index (χ4v) is 4.78. The topological polar surface area (TPSA) is 32.8 Å². The van der Waals surface area contributed by atoms with Crippen molar-refractivity contribution in [3.8, 4) is 5.75 Å². The number of anilines is 1. The van der Waals surface area contributed by atoms with Gasteiger partial charge in [0.25, 0.3) is 0 Å². The number of ether oxygens (including phenoxy) is 1. The predicted octanol–water partition coefficient (Wildman–Crippen LogP) is 5.75. The molecule has 0 unspecified atom stereocenters. The van der Waals surface area contributed by atoms with Gasteiger partial charge in [-0.25, -0.2) is 4.79 Å². The van der Waals surface area contributed by atoms with Crippen molar-refractivity contribution in [2.45, 2.75) is 64.0 Å². The predicted molar refractivity (Wildman–Crippen MR) is 118 cm³/mol. The third-order valence-electron chi connectivity index (χ3n) is 6.46. The van der Waals surface area contributed by atoms with Crippen molar-refractivity contribution in [2.24, 2.45) is 0 Å². The number of hydrogen-bond acceptors (Lipinski definition) is 3. The highest BCUT2D eigenvalue weighted by molar-refractivity contribution is 5.72. The number of carbonyl (C=O) groups excluding carboxylic acids is 1. The molecule has 1 aliphatic heterocycles. The van der Waals surface area contributed by atoms with Crippen LogP contribution in [0.15, 0.2) is 48.5 Å². The largest absolute Gasteiger partial charge is 0.415 e. The van der Waals surface area contributed by atoms with E-state index in [9.17, 15) is 4.79 Å². The lowest BCUT2D eigenvalue weighted by molar-refractivity contribution is 0.133. The Balaban J connectivity index is 1.49. The highest BCUT2D eigenvalue weighted by Gasteiger charge is 2.35. The van der Waals surface area contributed by atoms with Crippen LogP contribution in [0, 0.1) is 0 Å². The normalized spacial score (nSPS) is 18.4. The number of amides is 1. The lowest BCUT2D eigenvalue weighted by Crippen LogP contribution is -2.40. The first-order valence-electron chi connectivity index (χ1n) is 10.8. The Bertz CT molecular complexity index is 856. The fraction of sp³-hybridized carbons (Fsp3) is 0.480. The molecule has 2 aromatic carbocycles. The second-order valence-corrected chi connectivity index (χ2v) is 9.18. The molecule has 4 heteroatoms. The third-order valence-corrected chi connectivity index (χ3v) is 6.46. The molecule has 0 bridgehead atoms. The van der Waals surface area contributed by atoms with Crippen molar-refractivity contribution < 1.29 is 9.53 Å². The molecule has 4 nitrogen and oxygen atoms in total.